The zero-order valence-electron chi connectivity index (χ0n) is 19.2. The summed E-state index contributed by atoms with van der Waals surface area (Å²) in [5.41, 5.74) is 11.7. The summed E-state index contributed by atoms with van der Waals surface area (Å²) in [6.07, 6.45) is 0.0156. The van der Waals surface area contributed by atoms with Gasteiger partial charge in [-0.2, -0.15) is 0 Å². The molecule has 0 aliphatic rings. The van der Waals surface area contributed by atoms with Crippen molar-refractivity contribution in [2.75, 3.05) is 6.61 Å². The predicted molar refractivity (Wildman–Crippen MR) is 122 cm³/mol. The minimum atomic E-state index is -1.57. The average molecular weight is 480 g/mol. The van der Waals surface area contributed by atoms with Crippen LogP contribution in [-0.2, 0) is 30.4 Å². The number of primary amides is 1. The summed E-state index contributed by atoms with van der Waals surface area (Å²) in [4.78, 5) is 60.3. The third kappa shape index (κ3) is 9.16. The maximum Gasteiger partial charge on any atom is 0.326 e. The van der Waals surface area contributed by atoms with Gasteiger partial charge in [0.05, 0.1) is 19.1 Å². The second-order valence-corrected chi connectivity index (χ2v) is 7.98. The van der Waals surface area contributed by atoms with Crippen molar-refractivity contribution in [1.82, 2.24) is 16.0 Å². The molecule has 1 rings (SSSR count). The van der Waals surface area contributed by atoms with Crippen LogP contribution in [0.1, 0.15) is 32.3 Å². The molecule has 0 fully saturated rings. The Kier molecular flexibility index (Phi) is 11.7. The fourth-order valence-corrected chi connectivity index (χ4v) is 3.05. The van der Waals surface area contributed by atoms with E-state index in [2.05, 4.69) is 16.0 Å². The van der Waals surface area contributed by atoms with Gasteiger partial charge in [0.25, 0.3) is 0 Å². The number of rotatable bonds is 14. The summed E-state index contributed by atoms with van der Waals surface area (Å²) < 4.78 is 0. The second-order valence-electron chi connectivity index (χ2n) is 7.98. The summed E-state index contributed by atoms with van der Waals surface area (Å²) in [5.74, 6) is -5.21. The van der Waals surface area contributed by atoms with Crippen molar-refractivity contribution in [2.24, 2.45) is 17.4 Å². The zero-order valence-corrected chi connectivity index (χ0v) is 19.2. The van der Waals surface area contributed by atoms with Gasteiger partial charge in [0.1, 0.15) is 18.1 Å². The van der Waals surface area contributed by atoms with Gasteiger partial charge in [0, 0.05) is 0 Å². The molecule has 0 aliphatic carbocycles. The van der Waals surface area contributed by atoms with Crippen molar-refractivity contribution in [3.8, 4) is 0 Å². The molecule has 0 aromatic heterocycles. The Balaban J connectivity index is 2.86. The van der Waals surface area contributed by atoms with E-state index >= 15 is 0 Å². The number of carbonyl (C=O) groups is 5. The largest absolute Gasteiger partial charge is 0.480 e. The molecule has 0 radical (unpaired) electrons. The molecule has 0 saturated carbocycles. The lowest BCUT2D eigenvalue weighted by atomic mass is 9.97. The minimum Gasteiger partial charge on any atom is -0.480 e. The number of hydrogen-bond donors (Lipinski definition) is 7. The van der Waals surface area contributed by atoms with E-state index in [1.165, 1.54) is 0 Å². The summed E-state index contributed by atoms with van der Waals surface area (Å²) in [5, 5.41) is 25.8. The number of aliphatic hydroxyl groups excluding tert-OH is 1. The first-order valence-corrected chi connectivity index (χ1v) is 10.8. The third-order valence-electron chi connectivity index (χ3n) is 5.26. The quantitative estimate of drug-likeness (QED) is 0.158. The molecule has 1 aromatic carbocycles. The third-order valence-corrected chi connectivity index (χ3v) is 5.26. The highest BCUT2D eigenvalue weighted by Gasteiger charge is 2.33. The molecule has 34 heavy (non-hydrogen) atoms. The first kappa shape index (κ1) is 28.5. The molecule has 0 bridgehead atoms. The van der Waals surface area contributed by atoms with E-state index in [9.17, 15) is 34.2 Å². The number of nitrogens with two attached hydrogens (primary N) is 2. The van der Waals surface area contributed by atoms with Gasteiger partial charge in [-0.25, -0.2) is 4.79 Å². The first-order chi connectivity index (χ1) is 16.0. The van der Waals surface area contributed by atoms with Crippen LogP contribution in [0.15, 0.2) is 30.3 Å². The Morgan fingerprint density at radius 2 is 1.53 bits per heavy atom. The van der Waals surface area contributed by atoms with Crippen molar-refractivity contribution < 1.29 is 34.2 Å². The van der Waals surface area contributed by atoms with Crippen molar-refractivity contribution in [3.63, 3.8) is 0 Å². The van der Waals surface area contributed by atoms with E-state index in [4.69, 9.17) is 11.5 Å². The van der Waals surface area contributed by atoms with E-state index in [-0.39, 0.29) is 6.42 Å². The highest BCUT2D eigenvalue weighted by Crippen LogP contribution is 2.10. The highest BCUT2D eigenvalue weighted by atomic mass is 16.4. The molecule has 4 amide bonds. The molecule has 9 N–H and O–H groups in total. The van der Waals surface area contributed by atoms with Crippen LogP contribution in [0.2, 0.25) is 0 Å². The second kappa shape index (κ2) is 13.9. The summed E-state index contributed by atoms with van der Waals surface area (Å²) >= 11 is 0. The molecule has 0 spiro atoms. The zero-order chi connectivity index (χ0) is 25.8. The standard InChI is InChI=1S/C22H33N5O7/c1-3-12(2)18(21(32)25-15(22(33)34)10-17(24)29)27-20(31)16(11-28)26-19(30)14(23)9-13-7-5-4-6-8-13/h4-8,12,14-16,18,28H,3,9-11,23H2,1-2H3,(H2,24,29)(H,25,32)(H,26,30)(H,27,31)(H,33,34). The average Bonchev–Trinajstić information content (AvgIpc) is 2.79. The number of benzene rings is 1. The van der Waals surface area contributed by atoms with Crippen LogP contribution in [0.5, 0.6) is 0 Å². The monoisotopic (exact) mass is 479 g/mol. The normalized spacial score (nSPS) is 15.2. The summed E-state index contributed by atoms with van der Waals surface area (Å²) in [6, 6.07) is 3.84. The fourth-order valence-electron chi connectivity index (χ4n) is 3.05. The molecule has 5 atom stereocenters. The Labute approximate surface area is 197 Å². The number of aliphatic carboxylic acids is 1. The first-order valence-electron chi connectivity index (χ1n) is 10.8. The molecule has 0 heterocycles. The number of nitrogens with one attached hydrogen (secondary N) is 3. The number of carboxylic acid groups (broad SMARTS) is 1. The predicted octanol–water partition coefficient (Wildman–Crippen LogP) is -1.99. The Hall–Kier alpha value is -3.51. The highest BCUT2D eigenvalue weighted by molar-refractivity contribution is 5.95. The van der Waals surface area contributed by atoms with Crippen LogP contribution in [0.4, 0.5) is 0 Å². The van der Waals surface area contributed by atoms with Crippen LogP contribution >= 0.6 is 0 Å². The van der Waals surface area contributed by atoms with Gasteiger partial charge in [-0.05, 0) is 17.9 Å². The van der Waals surface area contributed by atoms with E-state index in [1.807, 2.05) is 6.07 Å². The molecule has 12 heteroatoms. The summed E-state index contributed by atoms with van der Waals surface area (Å²) in [7, 11) is 0. The molecule has 0 saturated heterocycles. The van der Waals surface area contributed by atoms with Gasteiger partial charge in [-0.1, -0.05) is 50.6 Å². The maximum atomic E-state index is 12.7. The van der Waals surface area contributed by atoms with E-state index in [0.717, 1.165) is 5.56 Å². The van der Waals surface area contributed by atoms with E-state index < -0.39 is 72.7 Å². The van der Waals surface area contributed by atoms with Crippen LogP contribution < -0.4 is 27.4 Å². The number of hydrogen-bond acceptors (Lipinski definition) is 7. The van der Waals surface area contributed by atoms with Crippen LogP contribution in [-0.4, -0.2) is 70.6 Å². The van der Waals surface area contributed by atoms with Crippen LogP contribution in [0.25, 0.3) is 0 Å². The number of carboxylic acids is 1. The Morgan fingerprint density at radius 1 is 0.941 bits per heavy atom. The topological polar surface area (TPSA) is 214 Å². The minimum absolute atomic E-state index is 0.209. The van der Waals surface area contributed by atoms with Crippen molar-refractivity contribution in [3.05, 3.63) is 35.9 Å². The van der Waals surface area contributed by atoms with Gasteiger partial charge in [-0.15, -0.1) is 0 Å². The lowest BCUT2D eigenvalue weighted by Crippen LogP contribution is -2.59. The van der Waals surface area contributed by atoms with Gasteiger partial charge < -0.3 is 37.6 Å². The Bertz CT molecular complexity index is 864. The van der Waals surface area contributed by atoms with E-state index in [0.29, 0.717) is 6.42 Å². The Morgan fingerprint density at radius 3 is 2.03 bits per heavy atom. The van der Waals surface area contributed by atoms with Crippen molar-refractivity contribution in [2.45, 2.75) is 57.3 Å². The molecular formula is C22H33N5O7. The SMILES string of the molecule is CCC(C)C(NC(=O)C(CO)NC(=O)C(N)Cc1ccccc1)C(=O)NC(CC(N)=O)C(=O)O. The molecular weight excluding hydrogens is 446 g/mol. The van der Waals surface area contributed by atoms with Crippen molar-refractivity contribution >= 4 is 29.6 Å². The van der Waals surface area contributed by atoms with Gasteiger partial charge in [0.15, 0.2) is 0 Å². The van der Waals surface area contributed by atoms with Crippen LogP contribution in [0.3, 0.4) is 0 Å². The van der Waals surface area contributed by atoms with Gasteiger partial charge in [0.2, 0.25) is 23.6 Å². The molecule has 1 aromatic rings. The summed E-state index contributed by atoms with van der Waals surface area (Å²) in [6.45, 7) is 2.64. The molecule has 5 unspecified atom stereocenters. The maximum absolute atomic E-state index is 12.7. The molecule has 0 aliphatic heterocycles. The molecule has 188 valence electrons. The van der Waals surface area contributed by atoms with Crippen molar-refractivity contribution in [1.29, 1.82) is 0 Å². The van der Waals surface area contributed by atoms with E-state index in [1.54, 1.807) is 38.1 Å². The fraction of sp³-hybridized carbons (Fsp3) is 0.500. The lowest BCUT2D eigenvalue weighted by Gasteiger charge is -2.27. The molecule has 12 nitrogen and oxygen atoms in total. The smallest absolute Gasteiger partial charge is 0.326 e. The number of carbonyl (C=O) groups excluding carboxylic acids is 4. The van der Waals surface area contributed by atoms with Gasteiger partial charge in [-0.3, -0.25) is 19.2 Å². The lowest BCUT2D eigenvalue weighted by molar-refractivity contribution is -0.144. The van der Waals surface area contributed by atoms with Gasteiger partial charge >= 0.3 is 5.97 Å². The van der Waals surface area contributed by atoms with Crippen LogP contribution in [0, 0.1) is 5.92 Å². The number of amides is 4. The number of aliphatic hydroxyl groups is 1.